The van der Waals surface area contributed by atoms with Gasteiger partial charge in [-0.1, -0.05) is 6.07 Å². The number of hydrogen-bond acceptors (Lipinski definition) is 5. The van der Waals surface area contributed by atoms with E-state index in [-0.39, 0.29) is 12.6 Å². The first-order chi connectivity index (χ1) is 9.31. The van der Waals surface area contributed by atoms with Gasteiger partial charge in [-0.3, -0.25) is 4.79 Å². The standard InChI is InChI=1S/C15H22O5/c1-10(16)11-6-7-12(13(8-11)18-4)20-9-15(2,3)14(17)19-5/h6-8,10,16H,9H2,1-5H3/t10-/m0/s1. The van der Waals surface area contributed by atoms with E-state index in [0.29, 0.717) is 11.5 Å². The summed E-state index contributed by atoms with van der Waals surface area (Å²) in [6, 6.07) is 5.19. The molecule has 0 amide bonds. The van der Waals surface area contributed by atoms with Gasteiger partial charge in [0.1, 0.15) is 6.61 Å². The second-order valence-corrected chi connectivity index (χ2v) is 5.25. The molecule has 0 radical (unpaired) electrons. The summed E-state index contributed by atoms with van der Waals surface area (Å²) >= 11 is 0. The zero-order valence-electron chi connectivity index (χ0n) is 12.6. The van der Waals surface area contributed by atoms with Crippen LogP contribution in [0.5, 0.6) is 11.5 Å². The Kier molecular flexibility index (Phi) is 5.39. The smallest absolute Gasteiger partial charge is 0.314 e. The van der Waals surface area contributed by atoms with Crippen molar-refractivity contribution in [1.29, 1.82) is 0 Å². The van der Waals surface area contributed by atoms with Crippen molar-refractivity contribution >= 4 is 5.97 Å². The predicted octanol–water partition coefficient (Wildman–Crippen LogP) is 2.33. The van der Waals surface area contributed by atoms with Crippen molar-refractivity contribution in [2.75, 3.05) is 20.8 Å². The van der Waals surface area contributed by atoms with Crippen LogP contribution >= 0.6 is 0 Å². The number of ether oxygens (including phenoxy) is 3. The topological polar surface area (TPSA) is 65.0 Å². The van der Waals surface area contributed by atoms with Crippen molar-refractivity contribution in [1.82, 2.24) is 0 Å². The van der Waals surface area contributed by atoms with Gasteiger partial charge < -0.3 is 19.3 Å². The summed E-state index contributed by atoms with van der Waals surface area (Å²) in [6.45, 7) is 5.34. The number of rotatable bonds is 6. The van der Waals surface area contributed by atoms with E-state index in [1.54, 1.807) is 39.0 Å². The van der Waals surface area contributed by atoms with Crippen LogP contribution in [0, 0.1) is 5.41 Å². The number of hydrogen-bond donors (Lipinski definition) is 1. The van der Waals surface area contributed by atoms with Crippen molar-refractivity contribution in [3.05, 3.63) is 23.8 Å². The van der Waals surface area contributed by atoms with Gasteiger partial charge >= 0.3 is 5.97 Å². The Balaban J connectivity index is 2.85. The van der Waals surface area contributed by atoms with E-state index in [1.165, 1.54) is 14.2 Å². The summed E-state index contributed by atoms with van der Waals surface area (Å²) < 4.78 is 15.6. The van der Waals surface area contributed by atoms with Gasteiger partial charge in [-0.15, -0.1) is 0 Å². The number of aliphatic hydroxyl groups is 1. The summed E-state index contributed by atoms with van der Waals surface area (Å²) in [5.41, 5.74) is -0.00988. The van der Waals surface area contributed by atoms with Gasteiger partial charge in [-0.05, 0) is 38.5 Å². The monoisotopic (exact) mass is 282 g/mol. The molecule has 0 aromatic heterocycles. The van der Waals surface area contributed by atoms with Crippen LogP contribution in [-0.2, 0) is 9.53 Å². The van der Waals surface area contributed by atoms with Gasteiger partial charge in [-0.25, -0.2) is 0 Å². The predicted molar refractivity (Wildman–Crippen MR) is 74.9 cm³/mol. The number of carbonyl (C=O) groups is 1. The molecule has 0 fully saturated rings. The molecule has 112 valence electrons. The molecule has 0 unspecified atom stereocenters. The molecule has 1 aromatic carbocycles. The highest BCUT2D eigenvalue weighted by Gasteiger charge is 2.30. The van der Waals surface area contributed by atoms with E-state index >= 15 is 0 Å². The lowest BCUT2D eigenvalue weighted by Gasteiger charge is -2.22. The minimum Gasteiger partial charge on any atom is -0.493 e. The zero-order chi connectivity index (χ0) is 15.3. The summed E-state index contributed by atoms with van der Waals surface area (Å²) in [6.07, 6.45) is -0.579. The summed E-state index contributed by atoms with van der Waals surface area (Å²) in [5.74, 6) is 0.704. The largest absolute Gasteiger partial charge is 0.493 e. The van der Waals surface area contributed by atoms with Gasteiger partial charge in [-0.2, -0.15) is 0 Å². The lowest BCUT2D eigenvalue weighted by molar-refractivity contribution is -0.152. The van der Waals surface area contributed by atoms with Crippen molar-refractivity contribution in [2.45, 2.75) is 26.9 Å². The fourth-order valence-electron chi connectivity index (χ4n) is 1.66. The van der Waals surface area contributed by atoms with Crippen molar-refractivity contribution in [3.8, 4) is 11.5 Å². The minimum absolute atomic E-state index is 0.171. The second kappa shape index (κ2) is 6.61. The normalized spacial score (nSPS) is 12.7. The quantitative estimate of drug-likeness (QED) is 0.811. The molecule has 0 saturated heterocycles. The van der Waals surface area contributed by atoms with Crippen molar-refractivity contribution in [3.63, 3.8) is 0 Å². The Bertz CT molecular complexity index is 465. The average molecular weight is 282 g/mol. The summed E-state index contributed by atoms with van der Waals surface area (Å²) in [7, 11) is 2.88. The van der Waals surface area contributed by atoms with Crippen LogP contribution in [0.2, 0.25) is 0 Å². The molecule has 1 rings (SSSR count). The van der Waals surface area contributed by atoms with Crippen LogP contribution < -0.4 is 9.47 Å². The molecule has 20 heavy (non-hydrogen) atoms. The van der Waals surface area contributed by atoms with E-state index in [4.69, 9.17) is 14.2 Å². The first-order valence-electron chi connectivity index (χ1n) is 6.39. The van der Waals surface area contributed by atoms with Crippen LogP contribution in [0.15, 0.2) is 18.2 Å². The van der Waals surface area contributed by atoms with Gasteiger partial charge in [0, 0.05) is 0 Å². The highest BCUT2D eigenvalue weighted by Crippen LogP contribution is 2.31. The molecule has 5 nitrogen and oxygen atoms in total. The first kappa shape index (κ1) is 16.3. The molecule has 1 atom stereocenters. The molecule has 0 spiro atoms. The Morgan fingerprint density at radius 1 is 1.30 bits per heavy atom. The molecule has 5 heteroatoms. The number of carbonyl (C=O) groups excluding carboxylic acids is 1. The van der Waals surface area contributed by atoms with E-state index < -0.39 is 11.5 Å². The van der Waals surface area contributed by atoms with E-state index in [1.807, 2.05) is 0 Å². The van der Waals surface area contributed by atoms with Gasteiger partial charge in [0.25, 0.3) is 0 Å². The van der Waals surface area contributed by atoms with Gasteiger partial charge in [0.05, 0.1) is 25.7 Å². The Morgan fingerprint density at radius 2 is 1.95 bits per heavy atom. The Hall–Kier alpha value is -1.75. The molecular weight excluding hydrogens is 260 g/mol. The second-order valence-electron chi connectivity index (χ2n) is 5.25. The fourth-order valence-corrected chi connectivity index (χ4v) is 1.66. The zero-order valence-corrected chi connectivity index (χ0v) is 12.6. The average Bonchev–Trinajstić information content (AvgIpc) is 2.43. The van der Waals surface area contributed by atoms with Crippen molar-refractivity contribution in [2.24, 2.45) is 5.41 Å². The van der Waals surface area contributed by atoms with E-state index in [9.17, 15) is 9.90 Å². The van der Waals surface area contributed by atoms with Crippen LogP contribution in [0.1, 0.15) is 32.4 Å². The highest BCUT2D eigenvalue weighted by atomic mass is 16.5. The molecule has 1 aromatic rings. The molecule has 0 bridgehead atoms. The third kappa shape index (κ3) is 3.87. The molecule has 0 aliphatic heterocycles. The first-order valence-corrected chi connectivity index (χ1v) is 6.39. The van der Waals surface area contributed by atoms with Gasteiger partial charge in [0.2, 0.25) is 0 Å². The van der Waals surface area contributed by atoms with E-state index in [2.05, 4.69) is 0 Å². The lowest BCUT2D eigenvalue weighted by Crippen LogP contribution is -2.32. The fraction of sp³-hybridized carbons (Fsp3) is 0.533. The molecule has 0 heterocycles. The van der Waals surface area contributed by atoms with Crippen LogP contribution in [0.25, 0.3) is 0 Å². The van der Waals surface area contributed by atoms with Crippen molar-refractivity contribution < 1.29 is 24.1 Å². The maximum absolute atomic E-state index is 11.6. The maximum atomic E-state index is 11.6. The number of methoxy groups -OCH3 is 2. The minimum atomic E-state index is -0.747. The maximum Gasteiger partial charge on any atom is 0.314 e. The molecule has 0 aliphatic rings. The highest BCUT2D eigenvalue weighted by molar-refractivity contribution is 5.75. The van der Waals surface area contributed by atoms with Crippen LogP contribution in [0.4, 0.5) is 0 Å². The number of esters is 1. The van der Waals surface area contributed by atoms with Crippen LogP contribution in [0.3, 0.4) is 0 Å². The number of aliphatic hydroxyl groups excluding tert-OH is 1. The molecule has 0 saturated carbocycles. The van der Waals surface area contributed by atoms with Crippen LogP contribution in [-0.4, -0.2) is 31.9 Å². The summed E-state index contributed by atoms with van der Waals surface area (Å²) in [4.78, 5) is 11.6. The van der Waals surface area contributed by atoms with Gasteiger partial charge in [0.15, 0.2) is 11.5 Å². The SMILES string of the molecule is COC(=O)C(C)(C)COc1ccc([C@H](C)O)cc1OC. The summed E-state index contributed by atoms with van der Waals surface area (Å²) in [5, 5.41) is 9.54. The third-order valence-corrected chi connectivity index (χ3v) is 3.00. The Morgan fingerprint density at radius 3 is 2.45 bits per heavy atom. The van der Waals surface area contributed by atoms with E-state index in [0.717, 1.165) is 5.56 Å². The molecule has 1 N–H and O–H groups in total. The molecular formula is C15H22O5. The number of benzene rings is 1. The third-order valence-electron chi connectivity index (χ3n) is 3.00. The Labute approximate surface area is 119 Å². The molecule has 0 aliphatic carbocycles. The lowest BCUT2D eigenvalue weighted by atomic mass is 9.95.